The Labute approximate surface area is 117 Å². The number of carbonyl (C=O) groups excluding carboxylic acids is 1. The molecule has 5 heteroatoms. The predicted octanol–water partition coefficient (Wildman–Crippen LogP) is 1.57. The fourth-order valence-electron chi connectivity index (χ4n) is 1.99. The summed E-state index contributed by atoms with van der Waals surface area (Å²) in [5.74, 6) is -0.374. The van der Waals surface area contributed by atoms with Crippen LogP contribution in [-0.2, 0) is 13.0 Å². The van der Waals surface area contributed by atoms with Crippen molar-refractivity contribution in [2.45, 2.75) is 26.8 Å². The molecule has 2 rings (SSSR count). The fraction of sp³-hybridized carbons (Fsp3) is 0.267. The van der Waals surface area contributed by atoms with E-state index in [9.17, 15) is 9.59 Å². The first-order valence-corrected chi connectivity index (χ1v) is 6.51. The highest BCUT2D eigenvalue weighted by atomic mass is 16.2. The summed E-state index contributed by atoms with van der Waals surface area (Å²) in [5.41, 5.74) is 2.45. The quantitative estimate of drug-likeness (QED) is 0.886. The van der Waals surface area contributed by atoms with Crippen molar-refractivity contribution in [1.82, 2.24) is 15.3 Å². The Morgan fingerprint density at radius 2 is 2.25 bits per heavy atom. The van der Waals surface area contributed by atoms with Gasteiger partial charge in [-0.25, -0.2) is 0 Å². The second-order valence-corrected chi connectivity index (χ2v) is 4.57. The van der Waals surface area contributed by atoms with Gasteiger partial charge in [0.05, 0.1) is 0 Å². The van der Waals surface area contributed by atoms with Gasteiger partial charge in [-0.15, -0.1) is 0 Å². The van der Waals surface area contributed by atoms with Crippen LogP contribution in [0.1, 0.15) is 34.1 Å². The molecule has 0 radical (unpaired) electrons. The molecule has 104 valence electrons. The van der Waals surface area contributed by atoms with Gasteiger partial charge < -0.3 is 10.3 Å². The van der Waals surface area contributed by atoms with Crippen LogP contribution in [0.4, 0.5) is 0 Å². The van der Waals surface area contributed by atoms with Crippen LogP contribution in [0.5, 0.6) is 0 Å². The Morgan fingerprint density at radius 1 is 1.45 bits per heavy atom. The molecule has 0 aliphatic carbocycles. The second-order valence-electron chi connectivity index (χ2n) is 4.57. The molecule has 0 spiro atoms. The summed E-state index contributed by atoms with van der Waals surface area (Å²) in [6.07, 6.45) is 4.08. The zero-order valence-corrected chi connectivity index (χ0v) is 11.6. The van der Waals surface area contributed by atoms with Crippen molar-refractivity contribution >= 4 is 5.91 Å². The van der Waals surface area contributed by atoms with Crippen molar-refractivity contribution in [3.8, 4) is 0 Å². The minimum atomic E-state index is -0.374. The number of aryl methyl sites for hydroxylation is 2. The molecule has 2 N–H and O–H groups in total. The highest BCUT2D eigenvalue weighted by Gasteiger charge is 2.12. The summed E-state index contributed by atoms with van der Waals surface area (Å²) in [4.78, 5) is 30.6. The Kier molecular flexibility index (Phi) is 4.30. The largest absolute Gasteiger partial charge is 0.348 e. The van der Waals surface area contributed by atoms with E-state index in [0.29, 0.717) is 6.54 Å². The minimum Gasteiger partial charge on any atom is -0.348 e. The molecule has 0 aliphatic heterocycles. The topological polar surface area (TPSA) is 74.8 Å². The van der Waals surface area contributed by atoms with Gasteiger partial charge in [0.2, 0.25) is 0 Å². The van der Waals surface area contributed by atoms with Crippen LogP contribution in [0.2, 0.25) is 0 Å². The second kappa shape index (κ2) is 6.14. The van der Waals surface area contributed by atoms with Crippen LogP contribution in [0.25, 0.3) is 0 Å². The number of carbonyl (C=O) groups is 1. The first kappa shape index (κ1) is 14.0. The number of aromatic nitrogens is 2. The minimum absolute atomic E-state index is 0.142. The first-order valence-electron chi connectivity index (χ1n) is 6.51. The van der Waals surface area contributed by atoms with Crippen LogP contribution in [0.15, 0.2) is 35.4 Å². The number of amides is 1. The summed E-state index contributed by atoms with van der Waals surface area (Å²) < 4.78 is 0. The number of H-pyrrole nitrogens is 1. The molecule has 0 saturated heterocycles. The molecule has 0 aliphatic rings. The summed E-state index contributed by atoms with van der Waals surface area (Å²) in [6, 6.07) is 5.30. The normalized spacial score (nSPS) is 10.3. The lowest BCUT2D eigenvalue weighted by Gasteiger charge is -2.07. The number of nitrogens with one attached hydrogen (secondary N) is 2. The molecule has 2 heterocycles. The van der Waals surface area contributed by atoms with Crippen LogP contribution in [0.3, 0.4) is 0 Å². The van der Waals surface area contributed by atoms with Crippen LogP contribution < -0.4 is 10.9 Å². The van der Waals surface area contributed by atoms with E-state index in [2.05, 4.69) is 15.3 Å². The Balaban J connectivity index is 2.14. The maximum atomic E-state index is 12.0. The zero-order chi connectivity index (χ0) is 14.5. The smallest absolute Gasteiger partial charge is 0.261 e. The number of nitrogens with zero attached hydrogens (tertiary/aromatic N) is 1. The average molecular weight is 271 g/mol. The molecule has 0 saturated carbocycles. The van der Waals surface area contributed by atoms with Crippen LogP contribution in [0, 0.1) is 6.92 Å². The molecular formula is C15H17N3O2. The molecule has 0 atom stereocenters. The lowest BCUT2D eigenvalue weighted by Crippen LogP contribution is -2.30. The van der Waals surface area contributed by atoms with E-state index in [4.69, 9.17) is 0 Å². The molecule has 0 fully saturated rings. The van der Waals surface area contributed by atoms with Crippen molar-refractivity contribution in [2.24, 2.45) is 0 Å². The standard InChI is InChI=1S/C15H17N3O2/c1-3-13-10(2)7-12(15(20)18-13)14(19)17-9-11-5-4-6-16-8-11/h4-8H,3,9H2,1-2H3,(H,17,19)(H,18,20). The lowest BCUT2D eigenvalue weighted by molar-refractivity contribution is 0.0949. The number of aromatic amines is 1. The monoisotopic (exact) mass is 271 g/mol. The molecular weight excluding hydrogens is 254 g/mol. The third kappa shape index (κ3) is 3.12. The SMILES string of the molecule is CCc1[nH]c(=O)c(C(=O)NCc2cccnc2)cc1C. The van der Waals surface area contributed by atoms with E-state index in [-0.39, 0.29) is 17.0 Å². The van der Waals surface area contributed by atoms with Crippen molar-refractivity contribution in [3.05, 3.63) is 63.3 Å². The van der Waals surface area contributed by atoms with Gasteiger partial charge in [-0.2, -0.15) is 0 Å². The van der Waals surface area contributed by atoms with E-state index in [1.807, 2.05) is 19.9 Å². The predicted molar refractivity (Wildman–Crippen MR) is 76.6 cm³/mol. The summed E-state index contributed by atoms with van der Waals surface area (Å²) in [7, 11) is 0. The highest BCUT2D eigenvalue weighted by molar-refractivity contribution is 5.93. The van der Waals surface area contributed by atoms with Gasteiger partial charge in [-0.1, -0.05) is 13.0 Å². The van der Waals surface area contributed by atoms with Crippen LogP contribution >= 0.6 is 0 Å². The van der Waals surface area contributed by atoms with Gasteiger partial charge in [0, 0.05) is 24.6 Å². The van der Waals surface area contributed by atoms with Crippen molar-refractivity contribution < 1.29 is 4.79 Å². The van der Waals surface area contributed by atoms with Crippen molar-refractivity contribution in [2.75, 3.05) is 0 Å². The first-order chi connectivity index (χ1) is 9.61. The van der Waals surface area contributed by atoms with E-state index in [1.54, 1.807) is 24.5 Å². The molecule has 2 aromatic heterocycles. The maximum absolute atomic E-state index is 12.0. The van der Waals surface area contributed by atoms with E-state index < -0.39 is 0 Å². The third-order valence-electron chi connectivity index (χ3n) is 3.12. The molecule has 0 aromatic carbocycles. The van der Waals surface area contributed by atoms with Gasteiger partial charge in [0.1, 0.15) is 5.56 Å². The summed E-state index contributed by atoms with van der Waals surface area (Å²) in [6.45, 7) is 4.19. The average Bonchev–Trinajstić information content (AvgIpc) is 2.47. The van der Waals surface area contributed by atoms with E-state index >= 15 is 0 Å². The number of rotatable bonds is 4. The summed E-state index contributed by atoms with van der Waals surface area (Å²) >= 11 is 0. The molecule has 0 unspecified atom stereocenters. The van der Waals surface area contributed by atoms with Gasteiger partial charge in [-0.05, 0) is 36.6 Å². The fourth-order valence-corrected chi connectivity index (χ4v) is 1.99. The van der Waals surface area contributed by atoms with Gasteiger partial charge in [-0.3, -0.25) is 14.6 Å². The van der Waals surface area contributed by atoms with E-state index in [1.165, 1.54) is 0 Å². The van der Waals surface area contributed by atoms with Crippen molar-refractivity contribution in [3.63, 3.8) is 0 Å². The zero-order valence-electron chi connectivity index (χ0n) is 11.6. The Hall–Kier alpha value is -2.43. The maximum Gasteiger partial charge on any atom is 0.261 e. The van der Waals surface area contributed by atoms with E-state index in [0.717, 1.165) is 23.2 Å². The van der Waals surface area contributed by atoms with Crippen LogP contribution in [-0.4, -0.2) is 15.9 Å². The van der Waals surface area contributed by atoms with Gasteiger partial charge in [0.15, 0.2) is 0 Å². The number of hydrogen-bond acceptors (Lipinski definition) is 3. The third-order valence-corrected chi connectivity index (χ3v) is 3.12. The highest BCUT2D eigenvalue weighted by Crippen LogP contribution is 2.05. The Morgan fingerprint density at radius 3 is 2.90 bits per heavy atom. The molecule has 1 amide bonds. The molecule has 2 aromatic rings. The van der Waals surface area contributed by atoms with Gasteiger partial charge >= 0.3 is 0 Å². The molecule has 5 nitrogen and oxygen atoms in total. The molecule has 0 bridgehead atoms. The van der Waals surface area contributed by atoms with Crippen molar-refractivity contribution in [1.29, 1.82) is 0 Å². The lowest BCUT2D eigenvalue weighted by atomic mass is 10.1. The number of hydrogen-bond donors (Lipinski definition) is 2. The van der Waals surface area contributed by atoms with Gasteiger partial charge in [0.25, 0.3) is 11.5 Å². The summed E-state index contributed by atoms with van der Waals surface area (Å²) in [5, 5.41) is 2.72. The Bertz CT molecular complexity index is 663. The number of pyridine rings is 2. The molecule has 20 heavy (non-hydrogen) atoms.